The lowest BCUT2D eigenvalue weighted by Gasteiger charge is -2.67. The van der Waals surface area contributed by atoms with Gasteiger partial charge in [0.1, 0.15) is 42.0 Å². The fourth-order valence-corrected chi connectivity index (χ4v) is 9.25. The van der Waals surface area contributed by atoms with Crippen LogP contribution in [0.1, 0.15) is 91.2 Å². The number of carbonyl (C=O) groups is 8. The minimum atomic E-state index is -2.82. The second-order valence-corrected chi connectivity index (χ2v) is 15.3. The van der Waals surface area contributed by atoms with Gasteiger partial charge in [0.05, 0.1) is 23.1 Å². The van der Waals surface area contributed by atoms with Crippen LogP contribution in [0.25, 0.3) is 0 Å². The molecule has 57 heavy (non-hydrogen) atoms. The highest BCUT2D eigenvalue weighted by atomic mass is 16.7. The van der Waals surface area contributed by atoms with Crippen LogP contribution in [0.5, 0.6) is 0 Å². The molecule has 312 valence electrons. The highest BCUT2D eigenvalue weighted by Gasteiger charge is 2.92. The van der Waals surface area contributed by atoms with E-state index in [1.807, 2.05) is 0 Å². The van der Waals surface area contributed by atoms with Gasteiger partial charge in [0.2, 0.25) is 0 Å². The van der Waals surface area contributed by atoms with Gasteiger partial charge in [0.15, 0.2) is 30.0 Å². The number of nitrogens with zero attached hydrogens (tertiary/aromatic N) is 1. The van der Waals surface area contributed by atoms with E-state index in [4.69, 9.17) is 42.6 Å². The predicted octanol–water partition coefficient (Wildman–Crippen LogP) is 1.03. The zero-order valence-corrected chi connectivity index (χ0v) is 33.2. The third-order valence-electron chi connectivity index (χ3n) is 11.4. The van der Waals surface area contributed by atoms with Crippen LogP contribution in [0, 0.1) is 17.3 Å². The van der Waals surface area contributed by atoms with E-state index in [2.05, 4.69) is 4.98 Å². The van der Waals surface area contributed by atoms with E-state index in [-0.39, 0.29) is 11.3 Å². The molecule has 13 atom stereocenters. The molecular weight excluding hydrogens is 758 g/mol. The molecule has 0 aromatic carbocycles. The SMILES string of the molecule is CC(=O)OC[C@]12[C@H](OC(C)=O)[C@H](OC(C)=O)[C@H]3OC(=O)[C@H](C)[C@H](C)c4ncccc4C(=O)OC[C@]4(C)O[C@]1([C@H](OC(C)=O)[C@@H]4[C@H](OC(C)=O)[C@@H]2OC(C)=O)[C@@]3(C)O. The molecule has 2 aliphatic heterocycles. The van der Waals surface area contributed by atoms with Crippen LogP contribution in [-0.2, 0) is 76.2 Å². The molecule has 1 aromatic rings. The smallest absolute Gasteiger partial charge is 0.340 e. The molecular formula is C38H47NO18. The van der Waals surface area contributed by atoms with Crippen LogP contribution >= 0.6 is 0 Å². The fraction of sp³-hybridized carbons (Fsp3) is 0.658. The number of hydrogen-bond donors (Lipinski definition) is 1. The van der Waals surface area contributed by atoms with Crippen LogP contribution in [0.15, 0.2) is 18.3 Å². The molecule has 4 bridgehead atoms. The molecule has 1 aromatic heterocycles. The Morgan fingerprint density at radius 3 is 1.84 bits per heavy atom. The van der Waals surface area contributed by atoms with Gasteiger partial charge < -0.3 is 47.7 Å². The van der Waals surface area contributed by atoms with Gasteiger partial charge >= 0.3 is 47.8 Å². The highest BCUT2D eigenvalue weighted by Crippen LogP contribution is 2.70. The van der Waals surface area contributed by atoms with Crippen LogP contribution in [0.4, 0.5) is 0 Å². The van der Waals surface area contributed by atoms with E-state index in [0.29, 0.717) is 0 Å². The largest absolute Gasteiger partial charge is 0.465 e. The summed E-state index contributed by atoms with van der Waals surface area (Å²) in [5, 5.41) is 13.4. The number of pyridine rings is 1. The number of carbonyl (C=O) groups excluding carboxylic acids is 8. The zero-order chi connectivity index (χ0) is 42.6. The van der Waals surface area contributed by atoms with Crippen molar-refractivity contribution in [3.63, 3.8) is 0 Å². The Hall–Kier alpha value is -5.17. The fourth-order valence-electron chi connectivity index (χ4n) is 9.25. The standard InChI is InChI=1S/C38H47NO18/c1-16-17(2)33(46)56-30-28(52-20(5)42)32(55-23(8)45)37(15-49-18(3)40)31(54-22(7)44)27(51-19(4)41)25-29(53-21(6)43)38(37,36(30,10)48)57-35(25,9)14-50-34(47)24-12-11-13-39-26(16)24/h11-13,16-17,25,27-32,48H,14-15H2,1-10H3/t16-,17+,25-,27-,28+,29+,30+,31-,32+,35-,36-,37-,38+/m0/s1. The van der Waals surface area contributed by atoms with Gasteiger partial charge in [-0.25, -0.2) is 4.79 Å². The number of rotatable bonds is 7. The normalized spacial score (nSPS) is 38.2. The van der Waals surface area contributed by atoms with Gasteiger partial charge in [0.25, 0.3) is 0 Å². The molecule has 1 spiro atoms. The lowest BCUT2D eigenvalue weighted by molar-refractivity contribution is -0.387. The molecule has 3 fully saturated rings. The predicted molar refractivity (Wildman–Crippen MR) is 185 cm³/mol. The van der Waals surface area contributed by atoms with E-state index in [9.17, 15) is 43.5 Å². The van der Waals surface area contributed by atoms with Gasteiger partial charge in [-0.05, 0) is 26.0 Å². The Balaban J connectivity index is 2.01. The first-order valence-electron chi connectivity index (χ1n) is 18.2. The first-order chi connectivity index (χ1) is 26.5. The summed E-state index contributed by atoms with van der Waals surface area (Å²) in [6, 6.07) is 2.89. The second kappa shape index (κ2) is 15.3. The minimum Gasteiger partial charge on any atom is -0.465 e. The van der Waals surface area contributed by atoms with Crippen molar-refractivity contribution in [2.75, 3.05) is 13.2 Å². The van der Waals surface area contributed by atoms with Gasteiger partial charge in [-0.3, -0.25) is 38.5 Å². The maximum absolute atomic E-state index is 14.3. The third-order valence-corrected chi connectivity index (χ3v) is 11.4. The van der Waals surface area contributed by atoms with E-state index < -0.39 is 138 Å². The Labute approximate surface area is 327 Å². The van der Waals surface area contributed by atoms with Crippen molar-refractivity contribution >= 4 is 47.8 Å². The summed E-state index contributed by atoms with van der Waals surface area (Å²) in [6.07, 6.45) is -10.5. The summed E-state index contributed by atoms with van der Waals surface area (Å²) in [5.74, 6) is -11.6. The summed E-state index contributed by atoms with van der Waals surface area (Å²) in [4.78, 5) is 111. The van der Waals surface area contributed by atoms with E-state index in [0.717, 1.165) is 48.5 Å². The number of ether oxygens (including phenoxy) is 9. The number of esters is 8. The van der Waals surface area contributed by atoms with Crippen molar-refractivity contribution in [3.05, 3.63) is 29.6 Å². The Morgan fingerprint density at radius 2 is 1.30 bits per heavy atom. The summed E-state index contributed by atoms with van der Waals surface area (Å²) in [7, 11) is 0. The van der Waals surface area contributed by atoms with E-state index in [1.54, 1.807) is 6.92 Å². The Kier molecular flexibility index (Phi) is 11.5. The molecule has 2 saturated carbocycles. The van der Waals surface area contributed by atoms with Crippen LogP contribution in [-0.4, -0.2) is 124 Å². The lowest BCUT2D eigenvalue weighted by atomic mass is 9.45. The molecule has 19 nitrogen and oxygen atoms in total. The molecule has 0 unspecified atom stereocenters. The van der Waals surface area contributed by atoms with Crippen molar-refractivity contribution in [1.82, 2.24) is 4.98 Å². The number of cyclic esters (lactones) is 1. The first kappa shape index (κ1) is 43.0. The lowest BCUT2D eigenvalue weighted by Crippen LogP contribution is -2.89. The molecule has 0 amide bonds. The van der Waals surface area contributed by atoms with E-state index >= 15 is 0 Å². The molecule has 19 heteroatoms. The third kappa shape index (κ3) is 6.97. The topological polar surface area (TPSA) is 253 Å². The number of aromatic nitrogens is 1. The highest BCUT2D eigenvalue weighted by molar-refractivity contribution is 5.91. The summed E-state index contributed by atoms with van der Waals surface area (Å²) in [6.45, 7) is 9.67. The quantitative estimate of drug-likeness (QED) is 0.298. The van der Waals surface area contributed by atoms with Crippen molar-refractivity contribution in [2.24, 2.45) is 17.3 Å². The summed E-state index contributed by atoms with van der Waals surface area (Å²) < 4.78 is 54.3. The number of aliphatic hydroxyl groups is 1. The molecule has 1 N–H and O–H groups in total. The van der Waals surface area contributed by atoms with Crippen LogP contribution < -0.4 is 0 Å². The van der Waals surface area contributed by atoms with Crippen LogP contribution in [0.3, 0.4) is 0 Å². The number of hydrogen-bond acceptors (Lipinski definition) is 19. The van der Waals surface area contributed by atoms with Crippen molar-refractivity contribution < 1.29 is 86.1 Å². The minimum absolute atomic E-state index is 0.0422. The maximum atomic E-state index is 14.3. The molecule has 3 heterocycles. The molecule has 4 aliphatic rings. The van der Waals surface area contributed by atoms with Gasteiger partial charge in [-0.15, -0.1) is 0 Å². The van der Waals surface area contributed by atoms with E-state index in [1.165, 1.54) is 32.2 Å². The molecule has 1 saturated heterocycles. The molecule has 5 rings (SSSR count). The number of fused-ring (bicyclic) bond motifs is 5. The van der Waals surface area contributed by atoms with Crippen LogP contribution in [0.2, 0.25) is 0 Å². The van der Waals surface area contributed by atoms with Crippen molar-refractivity contribution in [2.45, 2.75) is 129 Å². The first-order valence-corrected chi connectivity index (χ1v) is 18.2. The maximum Gasteiger partial charge on any atom is 0.340 e. The second-order valence-electron chi connectivity index (χ2n) is 15.3. The average molecular weight is 806 g/mol. The summed E-state index contributed by atoms with van der Waals surface area (Å²) >= 11 is 0. The Morgan fingerprint density at radius 1 is 0.772 bits per heavy atom. The van der Waals surface area contributed by atoms with Crippen molar-refractivity contribution in [3.8, 4) is 0 Å². The Bertz CT molecular complexity index is 1860. The van der Waals surface area contributed by atoms with Gasteiger partial charge in [-0.2, -0.15) is 0 Å². The van der Waals surface area contributed by atoms with Crippen molar-refractivity contribution in [1.29, 1.82) is 0 Å². The monoisotopic (exact) mass is 805 g/mol. The zero-order valence-electron chi connectivity index (χ0n) is 33.2. The van der Waals surface area contributed by atoms with Gasteiger partial charge in [-0.1, -0.05) is 13.8 Å². The van der Waals surface area contributed by atoms with Gasteiger partial charge in [0, 0.05) is 53.7 Å². The average Bonchev–Trinajstić information content (AvgIpc) is 3.32. The molecule has 2 aliphatic carbocycles. The molecule has 0 radical (unpaired) electrons. The summed E-state index contributed by atoms with van der Waals surface area (Å²) in [5.41, 5.74) is -10.1.